The zero-order chi connectivity index (χ0) is 22.3. The van der Waals surface area contributed by atoms with Gasteiger partial charge in [-0.1, -0.05) is 24.3 Å². The molecule has 1 atom stereocenters. The van der Waals surface area contributed by atoms with Gasteiger partial charge in [-0.05, 0) is 48.9 Å². The molecule has 0 saturated carbocycles. The van der Waals surface area contributed by atoms with Gasteiger partial charge in [0.05, 0.1) is 6.42 Å². The summed E-state index contributed by atoms with van der Waals surface area (Å²) in [5, 5.41) is 0. The van der Waals surface area contributed by atoms with Gasteiger partial charge in [-0.3, -0.25) is 9.59 Å². The summed E-state index contributed by atoms with van der Waals surface area (Å²) in [5.74, 6) is 1.12. The third-order valence-electron chi connectivity index (χ3n) is 6.54. The summed E-state index contributed by atoms with van der Waals surface area (Å²) in [4.78, 5) is 35.8. The molecule has 32 heavy (non-hydrogen) atoms. The Morgan fingerprint density at radius 2 is 1.72 bits per heavy atom. The molecule has 3 heterocycles. The Balaban J connectivity index is 1.21. The molecule has 2 amide bonds. The van der Waals surface area contributed by atoms with E-state index < -0.39 is 0 Å². The second-order valence-electron chi connectivity index (χ2n) is 8.71. The number of rotatable bonds is 6. The highest BCUT2D eigenvalue weighted by atomic mass is 19.1. The lowest BCUT2D eigenvalue weighted by Gasteiger charge is -2.36. The van der Waals surface area contributed by atoms with Crippen LogP contribution in [-0.2, 0) is 16.0 Å². The zero-order valence-electron chi connectivity index (χ0n) is 18.5. The Morgan fingerprint density at radius 3 is 2.47 bits per heavy atom. The van der Waals surface area contributed by atoms with Gasteiger partial charge in [0.25, 0.3) is 0 Å². The van der Waals surface area contributed by atoms with Crippen molar-refractivity contribution in [1.29, 1.82) is 0 Å². The Hall–Kier alpha value is -2.96. The number of hydrogen-bond donors (Lipinski definition) is 0. The molecule has 0 N–H and O–H groups in total. The number of nitrogens with zero attached hydrogens (tertiary/aromatic N) is 4. The van der Waals surface area contributed by atoms with Crippen LogP contribution >= 0.6 is 0 Å². The molecule has 1 unspecified atom stereocenters. The topological polar surface area (TPSA) is 56.8 Å². The molecule has 0 aliphatic carbocycles. The quantitative estimate of drug-likeness (QED) is 0.695. The summed E-state index contributed by atoms with van der Waals surface area (Å²) in [5.41, 5.74) is 0.444. The predicted octanol–water partition coefficient (Wildman–Crippen LogP) is 3.13. The second-order valence-corrected chi connectivity index (χ2v) is 8.71. The van der Waals surface area contributed by atoms with Crippen LogP contribution in [0.1, 0.15) is 31.2 Å². The maximum Gasteiger partial charge on any atom is 0.227 e. The number of likely N-dealkylation sites (tertiary alicyclic amines) is 1. The molecule has 4 rings (SSSR count). The minimum Gasteiger partial charge on any atom is -0.353 e. The van der Waals surface area contributed by atoms with Gasteiger partial charge < -0.3 is 14.7 Å². The van der Waals surface area contributed by atoms with Crippen LogP contribution in [0.4, 0.5) is 10.2 Å². The molecule has 1 aromatic carbocycles. The van der Waals surface area contributed by atoms with Crippen molar-refractivity contribution < 1.29 is 14.0 Å². The van der Waals surface area contributed by atoms with Crippen molar-refractivity contribution in [2.24, 2.45) is 5.92 Å². The van der Waals surface area contributed by atoms with E-state index in [4.69, 9.17) is 0 Å². The standard InChI is InChI=1S/C25H31FN4O2/c26-22-8-2-1-7-21(22)18-25(32)30-13-5-6-20(19-30)10-11-24(31)29-16-14-28(15-17-29)23-9-3-4-12-27-23/h1-4,7-9,12,20H,5-6,10-11,13-19H2. The fourth-order valence-corrected chi connectivity index (χ4v) is 4.66. The number of carbonyl (C=O) groups excluding carboxylic acids is 2. The molecular weight excluding hydrogens is 407 g/mol. The number of pyridine rings is 1. The summed E-state index contributed by atoms with van der Waals surface area (Å²) in [7, 11) is 0. The Bertz CT molecular complexity index is 915. The molecule has 2 aromatic rings. The number of carbonyl (C=O) groups is 2. The van der Waals surface area contributed by atoms with Gasteiger partial charge in [0.15, 0.2) is 0 Å². The average molecular weight is 439 g/mol. The van der Waals surface area contributed by atoms with E-state index in [1.54, 1.807) is 24.4 Å². The van der Waals surface area contributed by atoms with Crippen molar-refractivity contribution in [2.45, 2.75) is 32.1 Å². The molecule has 0 radical (unpaired) electrons. The number of hydrogen-bond acceptors (Lipinski definition) is 4. The van der Waals surface area contributed by atoms with Gasteiger partial charge in [-0.2, -0.15) is 0 Å². The van der Waals surface area contributed by atoms with Crippen LogP contribution in [0.3, 0.4) is 0 Å². The second kappa shape index (κ2) is 10.6. The van der Waals surface area contributed by atoms with Crippen molar-refractivity contribution >= 4 is 17.6 Å². The molecule has 2 fully saturated rings. The smallest absolute Gasteiger partial charge is 0.227 e. The number of piperidine rings is 1. The van der Waals surface area contributed by atoms with E-state index in [0.717, 1.165) is 38.2 Å². The minimum absolute atomic E-state index is 0.0308. The monoisotopic (exact) mass is 438 g/mol. The van der Waals surface area contributed by atoms with Crippen molar-refractivity contribution in [3.05, 3.63) is 60.0 Å². The highest BCUT2D eigenvalue weighted by Gasteiger charge is 2.26. The van der Waals surface area contributed by atoms with Gasteiger partial charge in [0.1, 0.15) is 11.6 Å². The molecule has 0 bridgehead atoms. The number of halogens is 1. The molecular formula is C25H31FN4O2. The highest BCUT2D eigenvalue weighted by molar-refractivity contribution is 5.79. The first-order chi connectivity index (χ1) is 15.6. The summed E-state index contributed by atoms with van der Waals surface area (Å²) >= 11 is 0. The fourth-order valence-electron chi connectivity index (χ4n) is 4.66. The summed E-state index contributed by atoms with van der Waals surface area (Å²) in [6, 6.07) is 12.3. The first kappa shape index (κ1) is 22.2. The van der Waals surface area contributed by atoms with Gasteiger partial charge in [0, 0.05) is 51.9 Å². The molecule has 1 aromatic heterocycles. The third kappa shape index (κ3) is 5.64. The fraction of sp³-hybridized carbons (Fsp3) is 0.480. The van der Waals surface area contributed by atoms with Gasteiger partial charge in [0.2, 0.25) is 11.8 Å². The summed E-state index contributed by atoms with van der Waals surface area (Å²) in [6.07, 6.45) is 5.17. The SMILES string of the molecule is O=C(CCC1CCCN(C(=O)Cc2ccccc2F)C1)N1CCN(c2ccccn2)CC1. The van der Waals surface area contributed by atoms with Crippen LogP contribution < -0.4 is 4.90 Å². The normalized spacial score (nSPS) is 19.2. The molecule has 2 aliphatic rings. The van der Waals surface area contributed by atoms with Crippen LogP contribution in [0.25, 0.3) is 0 Å². The van der Waals surface area contributed by atoms with Crippen LogP contribution in [0, 0.1) is 11.7 Å². The van der Waals surface area contributed by atoms with E-state index in [9.17, 15) is 14.0 Å². The molecule has 7 heteroatoms. The predicted molar refractivity (Wildman–Crippen MR) is 122 cm³/mol. The van der Waals surface area contributed by atoms with Crippen molar-refractivity contribution in [3.8, 4) is 0 Å². The molecule has 170 valence electrons. The number of anilines is 1. The largest absolute Gasteiger partial charge is 0.353 e. The maximum atomic E-state index is 13.9. The van der Waals surface area contributed by atoms with Crippen LogP contribution in [0.15, 0.2) is 48.7 Å². The number of aromatic nitrogens is 1. The summed E-state index contributed by atoms with van der Waals surface area (Å²) < 4.78 is 13.9. The molecule has 6 nitrogen and oxygen atoms in total. The highest BCUT2D eigenvalue weighted by Crippen LogP contribution is 2.23. The van der Waals surface area contributed by atoms with E-state index in [-0.39, 0.29) is 24.1 Å². The Kier molecular flexibility index (Phi) is 7.35. The third-order valence-corrected chi connectivity index (χ3v) is 6.54. The lowest BCUT2D eigenvalue weighted by atomic mass is 9.92. The average Bonchev–Trinajstić information content (AvgIpc) is 2.85. The van der Waals surface area contributed by atoms with Gasteiger partial charge in [-0.25, -0.2) is 9.37 Å². The lowest BCUT2D eigenvalue weighted by molar-refractivity contribution is -0.132. The summed E-state index contributed by atoms with van der Waals surface area (Å²) in [6.45, 7) is 4.40. The van der Waals surface area contributed by atoms with Crippen LogP contribution in [0.2, 0.25) is 0 Å². The molecule has 2 aliphatic heterocycles. The van der Waals surface area contributed by atoms with Gasteiger partial charge in [-0.15, -0.1) is 0 Å². The Morgan fingerprint density at radius 1 is 0.938 bits per heavy atom. The van der Waals surface area contributed by atoms with Crippen molar-refractivity contribution in [2.75, 3.05) is 44.2 Å². The first-order valence-electron chi connectivity index (χ1n) is 11.5. The molecule has 2 saturated heterocycles. The Labute approximate surface area is 189 Å². The van der Waals surface area contributed by atoms with E-state index in [1.165, 1.54) is 6.07 Å². The van der Waals surface area contributed by atoms with E-state index in [0.29, 0.717) is 44.1 Å². The zero-order valence-corrected chi connectivity index (χ0v) is 18.5. The van der Waals surface area contributed by atoms with Gasteiger partial charge >= 0.3 is 0 Å². The minimum atomic E-state index is -0.330. The van der Waals surface area contributed by atoms with E-state index in [1.807, 2.05) is 28.0 Å². The first-order valence-corrected chi connectivity index (χ1v) is 11.5. The van der Waals surface area contributed by atoms with Crippen molar-refractivity contribution in [3.63, 3.8) is 0 Å². The van der Waals surface area contributed by atoms with Crippen molar-refractivity contribution in [1.82, 2.24) is 14.8 Å². The van der Waals surface area contributed by atoms with Crippen LogP contribution in [-0.4, -0.2) is 65.9 Å². The number of piperazine rings is 1. The molecule has 0 spiro atoms. The lowest BCUT2D eigenvalue weighted by Crippen LogP contribution is -2.49. The number of benzene rings is 1. The number of amides is 2. The van der Waals surface area contributed by atoms with E-state index in [2.05, 4.69) is 9.88 Å². The maximum absolute atomic E-state index is 13.9. The van der Waals surface area contributed by atoms with E-state index >= 15 is 0 Å². The van der Waals surface area contributed by atoms with Crippen LogP contribution in [0.5, 0.6) is 0 Å².